The molecule has 0 unspecified atom stereocenters. The van der Waals surface area contributed by atoms with Crippen LogP contribution in [0, 0.1) is 0 Å². The molecule has 2 rings (SSSR count). The molecule has 0 bridgehead atoms. The van der Waals surface area contributed by atoms with Gasteiger partial charge in [0.1, 0.15) is 19.7 Å². The summed E-state index contributed by atoms with van der Waals surface area (Å²) in [5.74, 6) is -0.201. The fraction of sp³-hybridized carbons (Fsp3) is 0.615. The van der Waals surface area contributed by atoms with E-state index in [1.54, 1.807) is 0 Å². The van der Waals surface area contributed by atoms with Crippen LogP contribution in [0.3, 0.4) is 0 Å². The average Bonchev–Trinajstić information content (AvgIpc) is 2.76. The third-order valence-electron chi connectivity index (χ3n) is 4.61. The number of hydrogen-bond acceptors (Lipinski definition) is 3. The average molecular weight is 659 g/mol. The van der Waals surface area contributed by atoms with Gasteiger partial charge in [0.15, 0.2) is 12.4 Å². The zero-order chi connectivity index (χ0) is 29.9. The molecule has 1 aliphatic heterocycles. The molecule has 0 amide bonds. The van der Waals surface area contributed by atoms with E-state index in [2.05, 4.69) is 94.3 Å². The summed E-state index contributed by atoms with van der Waals surface area (Å²) in [4.78, 5) is 12.7. The van der Waals surface area contributed by atoms with E-state index in [0.29, 0.717) is 6.61 Å². The molecule has 0 aliphatic carbocycles. The number of likely N-dealkylation sites (N-methyl/N-ethyl adjacent to an activating group) is 1. The van der Waals surface area contributed by atoms with Crippen molar-refractivity contribution in [3.05, 3.63) is 54.5 Å². The molecule has 0 radical (unpaired) electrons. The topological polar surface area (TPSA) is 33.4 Å². The van der Waals surface area contributed by atoms with Gasteiger partial charge >= 0.3 is 39.0 Å². The number of carbonyl (C=O) groups excluding carboxylic acids is 1. The third-order valence-corrected chi connectivity index (χ3v) is 4.61. The van der Waals surface area contributed by atoms with Crippen LogP contribution in [0.15, 0.2) is 54.5 Å². The van der Waals surface area contributed by atoms with Crippen LogP contribution in [0.2, 0.25) is 0 Å². The Morgan fingerprint density at radius 2 is 1.51 bits per heavy atom. The van der Waals surface area contributed by atoms with Gasteiger partial charge in [-0.05, 0) is 25.6 Å². The fourth-order valence-corrected chi connectivity index (χ4v) is 2.53. The van der Waals surface area contributed by atoms with Crippen molar-refractivity contribution in [1.29, 1.82) is 0 Å². The largest absolute Gasteiger partial charge is 1.00 e. The molecule has 39 heavy (non-hydrogen) atoms. The smallest absolute Gasteiger partial charge is 1.00 e. The number of allylic oxidation sites excluding steroid dienone is 2. The molecule has 232 valence electrons. The molecule has 1 aliphatic rings. The minimum absolute atomic E-state index is 0. The van der Waals surface area contributed by atoms with Crippen molar-refractivity contribution >= 4 is 13.8 Å². The van der Waals surface area contributed by atoms with Gasteiger partial charge in [-0.15, -0.1) is 0 Å². The van der Waals surface area contributed by atoms with Gasteiger partial charge in [0.2, 0.25) is 0 Å². The monoisotopic (exact) mass is 657 g/mol. The predicted octanol–water partition coefficient (Wildman–Crippen LogP) is 4.98. The number of aryl methyl sites for hydroxylation is 1. The number of esters is 1. The van der Waals surface area contributed by atoms with Gasteiger partial charge in [0.25, 0.3) is 0 Å². The normalized spacial score (nSPS) is 14.3. The van der Waals surface area contributed by atoms with Crippen LogP contribution >= 0.6 is 7.81 Å². The van der Waals surface area contributed by atoms with Crippen LogP contribution in [0.25, 0.3) is 0 Å². The second-order valence-electron chi connectivity index (χ2n) is 9.89. The third kappa shape index (κ3) is 43.6. The molecule has 0 saturated heterocycles. The van der Waals surface area contributed by atoms with E-state index >= 15 is 0 Å². The second kappa shape index (κ2) is 18.7. The van der Waals surface area contributed by atoms with Crippen molar-refractivity contribution in [2.45, 2.75) is 59.9 Å². The van der Waals surface area contributed by atoms with E-state index in [1.807, 2.05) is 6.07 Å². The van der Waals surface area contributed by atoms with Crippen LogP contribution in [0.1, 0.15) is 53.4 Å². The number of halogens is 7. The summed E-state index contributed by atoms with van der Waals surface area (Å²) in [6, 6.07) is 6.17. The van der Waals surface area contributed by atoms with Crippen molar-refractivity contribution in [3.63, 3.8) is 0 Å². The first-order valence-electron chi connectivity index (χ1n) is 12.7. The van der Waals surface area contributed by atoms with Gasteiger partial charge in [0.05, 0.1) is 21.1 Å². The second-order valence-corrected chi connectivity index (χ2v) is 11.8. The Bertz CT molecular complexity index is 836. The van der Waals surface area contributed by atoms with Crippen molar-refractivity contribution in [1.82, 2.24) is 4.90 Å². The van der Waals surface area contributed by atoms with E-state index < -0.39 is 7.81 Å². The summed E-state index contributed by atoms with van der Waals surface area (Å²) < 4.78 is 67.0. The number of carbonyl (C=O) groups is 1. The number of aromatic nitrogens is 1. The number of quaternary nitrogens is 1. The van der Waals surface area contributed by atoms with Gasteiger partial charge < -0.3 is 31.1 Å². The minimum atomic E-state index is -10.7. The Morgan fingerprint density at radius 1 is 1.00 bits per heavy atom. The summed E-state index contributed by atoms with van der Waals surface area (Å²) >= 11 is 0. The number of rotatable bonds is 9. The van der Waals surface area contributed by atoms with Crippen LogP contribution in [0.5, 0.6) is 0 Å². The first-order chi connectivity index (χ1) is 17.1. The number of ether oxygens (including phenoxy) is 1. The predicted molar refractivity (Wildman–Crippen MR) is 144 cm³/mol. The van der Waals surface area contributed by atoms with Gasteiger partial charge in [-0.25, -0.2) is 4.57 Å². The maximum atomic E-state index is 10.3. The standard InChI is InChI=1S/C10H17N.C9H14N.C7H16NO2.BrH.F6P/c1-3-4-7-11-8-5-10(2)6-9-11;1-2-3-7-10-8-5-4-6-9-10;1-7(9)10-6-5-8(2,3)4;;1-7(2,3,4,5)6/h5-6,8H,3-4,7,9H2,1-2H3;4-6,8-9H,2-3,7H2,1H3;5-6H2,1-4H3;1H;/q;2*+1;;-1/p-1. The molecular formula is C26H47BrF6N3O2P. The van der Waals surface area contributed by atoms with Gasteiger partial charge in [-0.2, -0.15) is 0 Å². The zero-order valence-corrected chi connectivity index (χ0v) is 26.7. The molecule has 0 N–H and O–H groups in total. The van der Waals surface area contributed by atoms with E-state index in [9.17, 15) is 30.0 Å². The first-order valence-corrected chi connectivity index (χ1v) is 14.7. The molecule has 1 aromatic heterocycles. The number of nitrogens with zero attached hydrogens (tertiary/aromatic N) is 3. The maximum absolute atomic E-state index is 10.7. The van der Waals surface area contributed by atoms with Crippen LogP contribution < -0.4 is 21.5 Å². The molecule has 0 atom stereocenters. The SMILES string of the molecule is CC(=O)OCC[N+](C)(C)C.CCCCN1C=CC(C)=CC1.CCCC[n+]1ccccc1.F[P-](F)(F)(F)(F)F.[Br-]. The molecule has 0 aromatic carbocycles. The van der Waals surface area contributed by atoms with Gasteiger partial charge in [-0.3, -0.25) is 4.79 Å². The van der Waals surface area contributed by atoms with Crippen LogP contribution in [-0.2, 0) is 16.1 Å². The molecule has 0 spiro atoms. The minimum Gasteiger partial charge on any atom is -1.00 e. The Hall–Kier alpha value is -1.65. The summed E-state index contributed by atoms with van der Waals surface area (Å²) in [7, 11) is -4.48. The van der Waals surface area contributed by atoms with Crippen molar-refractivity contribution < 1.29 is 60.7 Å². The molecular weight excluding hydrogens is 611 g/mol. The van der Waals surface area contributed by atoms with Gasteiger partial charge in [-0.1, -0.05) is 44.4 Å². The Balaban J connectivity index is -0.000000445. The molecule has 0 fully saturated rings. The summed E-state index contributed by atoms with van der Waals surface area (Å²) in [5, 5.41) is 0. The van der Waals surface area contributed by atoms with E-state index in [0.717, 1.165) is 24.1 Å². The maximum Gasteiger partial charge on any atom is -1.00 e. The summed E-state index contributed by atoms with van der Waals surface area (Å²) in [5.41, 5.74) is 1.39. The number of pyridine rings is 1. The van der Waals surface area contributed by atoms with Gasteiger partial charge in [0, 0.05) is 38.6 Å². The summed E-state index contributed by atoms with van der Waals surface area (Å²) in [6.07, 6.45) is 16.0. The molecule has 0 saturated carbocycles. The van der Waals surface area contributed by atoms with Crippen molar-refractivity contribution in [2.75, 3.05) is 47.4 Å². The van der Waals surface area contributed by atoms with Crippen LogP contribution in [0.4, 0.5) is 25.2 Å². The fourth-order valence-electron chi connectivity index (χ4n) is 2.53. The number of hydrogen-bond donors (Lipinski definition) is 0. The van der Waals surface area contributed by atoms with E-state index in [1.165, 1.54) is 44.7 Å². The first kappa shape index (κ1) is 41.8. The van der Waals surface area contributed by atoms with E-state index in [4.69, 9.17) is 4.74 Å². The molecule has 5 nitrogen and oxygen atoms in total. The quantitative estimate of drug-likeness (QED) is 0.124. The van der Waals surface area contributed by atoms with Crippen molar-refractivity contribution in [3.8, 4) is 0 Å². The summed E-state index contributed by atoms with van der Waals surface area (Å²) in [6.45, 7) is 12.8. The zero-order valence-electron chi connectivity index (χ0n) is 24.2. The molecule has 2 heterocycles. The Morgan fingerprint density at radius 3 is 1.90 bits per heavy atom. The Kier molecular flexibility index (Phi) is 20.0. The molecule has 13 heteroatoms. The van der Waals surface area contributed by atoms with Crippen molar-refractivity contribution in [2.24, 2.45) is 0 Å². The number of unbranched alkanes of at least 4 members (excludes halogenated alkanes) is 2. The van der Waals surface area contributed by atoms with Crippen LogP contribution in [-0.4, -0.2) is 62.7 Å². The van der Waals surface area contributed by atoms with E-state index in [-0.39, 0.29) is 23.0 Å². The molecule has 1 aromatic rings. The Labute approximate surface area is 241 Å².